The van der Waals surface area contributed by atoms with Crippen LogP contribution in [0.3, 0.4) is 0 Å². The Balaban J connectivity index is 1.73. The number of aromatic hydroxyl groups is 2. The van der Waals surface area contributed by atoms with E-state index in [9.17, 15) is 24.6 Å². The summed E-state index contributed by atoms with van der Waals surface area (Å²) in [6, 6.07) is 3.88. The average Bonchev–Trinajstić information content (AvgIpc) is 3.14. The van der Waals surface area contributed by atoms with Gasteiger partial charge in [0.05, 0.1) is 4.91 Å². The zero-order chi connectivity index (χ0) is 18.0. The second kappa shape index (κ2) is 6.95. The molecule has 2 heterocycles. The van der Waals surface area contributed by atoms with Crippen LogP contribution in [-0.2, 0) is 9.59 Å². The first kappa shape index (κ1) is 17.0. The van der Waals surface area contributed by atoms with Crippen LogP contribution < -0.4 is 5.32 Å². The summed E-state index contributed by atoms with van der Waals surface area (Å²) in [6.45, 7) is -0.427. The van der Waals surface area contributed by atoms with Gasteiger partial charge in [-0.15, -0.1) is 11.3 Å². The standard InChI is InChI=1S/C15H11N3O5S2/c19-9-2-1-8(10(20)6-9)5-11-13(22)18(15(23)25-11)7-12(21)17-14-16-3-4-24-14/h1-6,19-20H,7H2,(H,16,17,21)/b11-5-. The van der Waals surface area contributed by atoms with Gasteiger partial charge in [-0.3, -0.25) is 19.3 Å². The van der Waals surface area contributed by atoms with Gasteiger partial charge in [-0.05, 0) is 30.0 Å². The summed E-state index contributed by atoms with van der Waals surface area (Å²) >= 11 is 1.89. The van der Waals surface area contributed by atoms with Crippen LogP contribution in [0.25, 0.3) is 6.08 Å². The van der Waals surface area contributed by atoms with Gasteiger partial charge in [-0.25, -0.2) is 4.98 Å². The van der Waals surface area contributed by atoms with Gasteiger partial charge in [-0.2, -0.15) is 0 Å². The topological polar surface area (TPSA) is 120 Å². The molecule has 1 aliphatic rings. The van der Waals surface area contributed by atoms with Crippen LogP contribution in [0, 0.1) is 0 Å². The van der Waals surface area contributed by atoms with Gasteiger partial charge < -0.3 is 15.5 Å². The number of thiazole rings is 1. The van der Waals surface area contributed by atoms with E-state index in [-0.39, 0.29) is 22.0 Å². The molecule has 128 valence electrons. The number of nitrogens with zero attached hydrogens (tertiary/aromatic N) is 2. The number of imide groups is 1. The molecule has 3 rings (SSSR count). The van der Waals surface area contributed by atoms with Crippen LogP contribution in [-0.4, -0.2) is 43.7 Å². The summed E-state index contributed by atoms with van der Waals surface area (Å²) in [7, 11) is 0. The van der Waals surface area contributed by atoms with Crippen LogP contribution in [0.2, 0.25) is 0 Å². The molecule has 1 aliphatic heterocycles. The fraction of sp³-hybridized carbons (Fsp3) is 0.0667. The first-order valence-electron chi connectivity index (χ1n) is 6.91. The van der Waals surface area contributed by atoms with Crippen LogP contribution in [0.5, 0.6) is 11.5 Å². The molecule has 0 atom stereocenters. The second-order valence-electron chi connectivity index (χ2n) is 4.90. The minimum atomic E-state index is -0.628. The first-order chi connectivity index (χ1) is 11.9. The lowest BCUT2D eigenvalue weighted by molar-refractivity contribution is -0.127. The second-order valence-corrected chi connectivity index (χ2v) is 6.78. The molecule has 25 heavy (non-hydrogen) atoms. The average molecular weight is 377 g/mol. The van der Waals surface area contributed by atoms with Crippen molar-refractivity contribution in [2.75, 3.05) is 11.9 Å². The molecule has 1 aromatic heterocycles. The van der Waals surface area contributed by atoms with Crippen molar-refractivity contribution in [1.82, 2.24) is 9.88 Å². The van der Waals surface area contributed by atoms with E-state index in [2.05, 4.69) is 10.3 Å². The van der Waals surface area contributed by atoms with Gasteiger partial charge in [0.1, 0.15) is 18.0 Å². The summed E-state index contributed by atoms with van der Waals surface area (Å²) < 4.78 is 0. The highest BCUT2D eigenvalue weighted by atomic mass is 32.2. The third kappa shape index (κ3) is 3.80. The molecular formula is C15H11N3O5S2. The van der Waals surface area contributed by atoms with Gasteiger partial charge >= 0.3 is 0 Å². The Labute approximate surface area is 149 Å². The smallest absolute Gasteiger partial charge is 0.294 e. The van der Waals surface area contributed by atoms with Gasteiger partial charge in [-0.1, -0.05) is 0 Å². The van der Waals surface area contributed by atoms with Crippen molar-refractivity contribution in [3.63, 3.8) is 0 Å². The normalized spacial score (nSPS) is 15.8. The zero-order valence-electron chi connectivity index (χ0n) is 12.5. The van der Waals surface area contributed by atoms with Crippen molar-refractivity contribution < 1.29 is 24.6 Å². The minimum Gasteiger partial charge on any atom is -0.508 e. The Hall–Kier alpha value is -2.85. The lowest BCUT2D eigenvalue weighted by atomic mass is 10.1. The quantitative estimate of drug-likeness (QED) is 0.699. The molecule has 1 fully saturated rings. The molecule has 0 spiro atoms. The number of thioether (sulfide) groups is 1. The number of phenols is 2. The highest BCUT2D eigenvalue weighted by Crippen LogP contribution is 2.34. The molecule has 0 aliphatic carbocycles. The summed E-state index contributed by atoms with van der Waals surface area (Å²) in [5, 5.41) is 23.0. The largest absolute Gasteiger partial charge is 0.508 e. The van der Waals surface area contributed by atoms with E-state index < -0.39 is 23.6 Å². The summed E-state index contributed by atoms with van der Waals surface area (Å²) in [5.41, 5.74) is 0.274. The number of phenolic OH excluding ortho intramolecular Hbond substituents is 2. The van der Waals surface area contributed by atoms with Crippen LogP contribution in [0.1, 0.15) is 5.56 Å². The Morgan fingerprint density at radius 1 is 1.32 bits per heavy atom. The van der Waals surface area contributed by atoms with E-state index >= 15 is 0 Å². The number of aromatic nitrogens is 1. The van der Waals surface area contributed by atoms with Gasteiger partial charge in [0.25, 0.3) is 11.1 Å². The molecule has 0 unspecified atom stereocenters. The predicted octanol–water partition coefficient (Wildman–Crippen LogP) is 2.23. The van der Waals surface area contributed by atoms with Crippen LogP contribution in [0.4, 0.5) is 9.93 Å². The predicted molar refractivity (Wildman–Crippen MR) is 93.2 cm³/mol. The third-order valence-electron chi connectivity index (χ3n) is 3.15. The Kier molecular flexibility index (Phi) is 4.72. The summed E-state index contributed by atoms with van der Waals surface area (Å²) in [6.07, 6.45) is 2.85. The fourth-order valence-electron chi connectivity index (χ4n) is 2.02. The van der Waals surface area contributed by atoms with Crippen molar-refractivity contribution in [1.29, 1.82) is 0 Å². The van der Waals surface area contributed by atoms with Crippen molar-refractivity contribution >= 4 is 51.4 Å². The van der Waals surface area contributed by atoms with E-state index in [0.717, 1.165) is 11.0 Å². The third-order valence-corrected chi connectivity index (χ3v) is 4.75. The van der Waals surface area contributed by atoms with Gasteiger partial charge in [0, 0.05) is 23.2 Å². The number of carbonyl (C=O) groups excluding carboxylic acids is 3. The maximum atomic E-state index is 12.3. The van der Waals surface area contributed by atoms with E-state index in [1.165, 1.54) is 35.7 Å². The molecule has 2 aromatic rings. The van der Waals surface area contributed by atoms with Crippen molar-refractivity contribution in [3.05, 3.63) is 40.2 Å². The van der Waals surface area contributed by atoms with E-state index in [0.29, 0.717) is 16.9 Å². The Morgan fingerprint density at radius 2 is 2.12 bits per heavy atom. The highest BCUT2D eigenvalue weighted by Gasteiger charge is 2.36. The first-order valence-corrected chi connectivity index (χ1v) is 8.60. The molecule has 0 radical (unpaired) electrons. The monoisotopic (exact) mass is 377 g/mol. The number of benzene rings is 1. The minimum absolute atomic E-state index is 0.0769. The van der Waals surface area contributed by atoms with Crippen molar-refractivity contribution in [3.8, 4) is 11.5 Å². The number of hydrogen-bond donors (Lipinski definition) is 3. The Bertz CT molecular complexity index is 879. The van der Waals surface area contributed by atoms with E-state index in [1.54, 1.807) is 5.38 Å². The molecule has 1 aromatic carbocycles. The SMILES string of the molecule is O=C(CN1C(=O)S/C(=C\c2ccc(O)cc2O)C1=O)Nc1nccs1. The van der Waals surface area contributed by atoms with Gasteiger partial charge in [0.15, 0.2) is 5.13 Å². The zero-order valence-corrected chi connectivity index (χ0v) is 14.1. The molecule has 1 saturated heterocycles. The molecular weight excluding hydrogens is 366 g/mol. The van der Waals surface area contributed by atoms with Gasteiger partial charge in [0.2, 0.25) is 5.91 Å². The number of anilines is 1. The molecule has 10 heteroatoms. The molecule has 3 N–H and O–H groups in total. The van der Waals surface area contributed by atoms with Crippen LogP contribution >= 0.6 is 23.1 Å². The maximum absolute atomic E-state index is 12.3. The van der Waals surface area contributed by atoms with Crippen molar-refractivity contribution in [2.24, 2.45) is 0 Å². The number of nitrogens with one attached hydrogen (secondary N) is 1. The molecule has 0 bridgehead atoms. The fourth-order valence-corrected chi connectivity index (χ4v) is 3.39. The number of amides is 3. The van der Waals surface area contributed by atoms with Crippen LogP contribution in [0.15, 0.2) is 34.7 Å². The maximum Gasteiger partial charge on any atom is 0.294 e. The highest BCUT2D eigenvalue weighted by molar-refractivity contribution is 8.18. The molecule has 8 nitrogen and oxygen atoms in total. The molecule has 3 amide bonds. The lowest BCUT2D eigenvalue weighted by Gasteiger charge is -2.11. The van der Waals surface area contributed by atoms with E-state index in [1.807, 2.05) is 0 Å². The Morgan fingerprint density at radius 3 is 2.80 bits per heavy atom. The number of carbonyl (C=O) groups is 3. The lowest BCUT2D eigenvalue weighted by Crippen LogP contribution is -2.36. The van der Waals surface area contributed by atoms with E-state index in [4.69, 9.17) is 0 Å². The summed E-state index contributed by atoms with van der Waals surface area (Å²) in [5.74, 6) is -1.52. The molecule has 0 saturated carbocycles. The number of hydrogen-bond acceptors (Lipinski definition) is 8. The number of rotatable bonds is 4. The van der Waals surface area contributed by atoms with Crippen molar-refractivity contribution in [2.45, 2.75) is 0 Å². The summed E-state index contributed by atoms with van der Waals surface area (Å²) in [4.78, 5) is 41.0.